The van der Waals surface area contributed by atoms with Gasteiger partial charge in [-0.25, -0.2) is 13.4 Å². The number of aliphatic imine (C=N–C) groups is 2. The van der Waals surface area contributed by atoms with E-state index in [-0.39, 0.29) is 29.0 Å². The van der Waals surface area contributed by atoms with Crippen LogP contribution in [0.5, 0.6) is 0 Å². The molecule has 182 valence electrons. The van der Waals surface area contributed by atoms with Gasteiger partial charge in [-0.2, -0.15) is 4.99 Å². The summed E-state index contributed by atoms with van der Waals surface area (Å²) in [5, 5.41) is -0.579. The molecule has 0 radical (unpaired) electrons. The molecule has 10 heteroatoms. The summed E-state index contributed by atoms with van der Waals surface area (Å²) < 4.78 is 32.7. The van der Waals surface area contributed by atoms with E-state index in [1.807, 2.05) is 30.9 Å². The van der Waals surface area contributed by atoms with Crippen molar-refractivity contribution < 1.29 is 13.2 Å². The van der Waals surface area contributed by atoms with Gasteiger partial charge in [0.25, 0.3) is 0 Å². The molecule has 1 aromatic rings. The van der Waals surface area contributed by atoms with Crippen molar-refractivity contribution in [2.75, 3.05) is 22.9 Å². The molecule has 4 N–H and O–H groups in total. The van der Waals surface area contributed by atoms with Gasteiger partial charge in [-0.1, -0.05) is 6.42 Å². The number of ether oxygens (including phenoxy) is 1. The second kappa shape index (κ2) is 8.79. The molecular weight excluding hydrogens is 440 g/mol. The molecule has 2 fully saturated rings. The third-order valence-electron chi connectivity index (χ3n) is 6.75. The number of nitrogens with zero attached hydrogens (tertiary/aromatic N) is 4. The molecule has 2 atom stereocenters. The molecule has 2 unspecified atom stereocenters. The van der Waals surface area contributed by atoms with Crippen LogP contribution < -0.4 is 21.3 Å². The second-order valence-corrected chi connectivity index (χ2v) is 12.2. The van der Waals surface area contributed by atoms with Gasteiger partial charge in [-0.3, -0.25) is 4.90 Å². The SMILES string of the molecule is CC1CN(c2ccc(S(=O)(=O)C(C)C)c(N3C(N)=NC(N)=NC34CCCCC4)c2)CC(C)O1. The molecule has 1 aliphatic carbocycles. The standard InChI is InChI=1S/C23H36N6O3S/c1-15(2)33(30,31)20-9-8-18(28-13-16(3)32-17(4)14-28)12-19(20)29-22(25)26-21(24)27-23(29)10-6-5-7-11-23/h8-9,12,15-17H,5-7,10-11,13-14H2,1-4H3,(H4,24,25,26,27). The Morgan fingerprint density at radius 1 is 1.09 bits per heavy atom. The Morgan fingerprint density at radius 3 is 2.33 bits per heavy atom. The molecule has 33 heavy (non-hydrogen) atoms. The minimum atomic E-state index is -3.59. The Balaban J connectivity index is 1.89. The molecule has 2 aliphatic heterocycles. The highest BCUT2D eigenvalue weighted by Crippen LogP contribution is 2.43. The van der Waals surface area contributed by atoms with Gasteiger partial charge in [0.15, 0.2) is 9.84 Å². The van der Waals surface area contributed by atoms with E-state index in [2.05, 4.69) is 9.89 Å². The van der Waals surface area contributed by atoms with Crippen LogP contribution in [0, 0.1) is 0 Å². The average molecular weight is 477 g/mol. The zero-order valence-corrected chi connectivity index (χ0v) is 20.8. The lowest BCUT2D eigenvalue weighted by molar-refractivity contribution is -0.00522. The van der Waals surface area contributed by atoms with Crippen LogP contribution in [0.1, 0.15) is 59.8 Å². The largest absolute Gasteiger partial charge is 0.372 e. The van der Waals surface area contributed by atoms with Crippen molar-refractivity contribution in [2.24, 2.45) is 21.5 Å². The third kappa shape index (κ3) is 4.42. The molecule has 9 nitrogen and oxygen atoms in total. The van der Waals surface area contributed by atoms with Crippen molar-refractivity contribution >= 4 is 33.1 Å². The molecule has 4 rings (SSSR count). The van der Waals surface area contributed by atoms with Gasteiger partial charge in [-0.05, 0) is 71.6 Å². The molecule has 0 bridgehead atoms. The Kier molecular flexibility index (Phi) is 6.34. The minimum absolute atomic E-state index is 0.0759. The molecule has 0 aromatic heterocycles. The van der Waals surface area contributed by atoms with Crippen molar-refractivity contribution in [2.45, 2.75) is 87.8 Å². The van der Waals surface area contributed by atoms with E-state index in [0.29, 0.717) is 5.69 Å². The van der Waals surface area contributed by atoms with E-state index in [0.717, 1.165) is 50.9 Å². The van der Waals surface area contributed by atoms with Crippen molar-refractivity contribution in [3.63, 3.8) is 0 Å². The van der Waals surface area contributed by atoms with Gasteiger partial charge in [0.05, 0.1) is 28.0 Å². The predicted molar refractivity (Wildman–Crippen MR) is 133 cm³/mol. The summed E-state index contributed by atoms with van der Waals surface area (Å²) in [6.07, 6.45) is 4.65. The van der Waals surface area contributed by atoms with Crippen LogP contribution in [-0.2, 0) is 14.6 Å². The van der Waals surface area contributed by atoms with Crippen LogP contribution in [0.2, 0.25) is 0 Å². The van der Waals surface area contributed by atoms with Crippen LogP contribution in [0.3, 0.4) is 0 Å². The Labute approximate surface area is 196 Å². The quantitative estimate of drug-likeness (QED) is 0.684. The highest BCUT2D eigenvalue weighted by Gasteiger charge is 2.44. The third-order valence-corrected chi connectivity index (χ3v) is 8.95. The van der Waals surface area contributed by atoms with Gasteiger partial charge in [0.1, 0.15) is 5.66 Å². The fraction of sp³-hybridized carbons (Fsp3) is 0.652. The summed E-state index contributed by atoms with van der Waals surface area (Å²) in [6, 6.07) is 5.51. The summed E-state index contributed by atoms with van der Waals surface area (Å²) in [5.41, 5.74) is 13.2. The normalized spacial score (nSPS) is 25.8. The molecular formula is C23H36N6O3S. The Bertz CT molecular complexity index is 1050. The molecule has 1 spiro atoms. The summed E-state index contributed by atoms with van der Waals surface area (Å²) in [7, 11) is -3.59. The lowest BCUT2D eigenvalue weighted by Gasteiger charge is -2.46. The van der Waals surface area contributed by atoms with E-state index in [4.69, 9.17) is 21.2 Å². The Hall–Kier alpha value is -2.33. The molecule has 2 heterocycles. The summed E-state index contributed by atoms with van der Waals surface area (Å²) in [6.45, 7) is 8.92. The summed E-state index contributed by atoms with van der Waals surface area (Å²) in [4.78, 5) is 13.3. The van der Waals surface area contributed by atoms with Crippen molar-refractivity contribution in [1.29, 1.82) is 0 Å². The molecule has 3 aliphatic rings. The highest BCUT2D eigenvalue weighted by atomic mass is 32.2. The zero-order chi connectivity index (χ0) is 24.0. The maximum absolute atomic E-state index is 13.4. The molecule has 1 saturated heterocycles. The van der Waals surface area contributed by atoms with Crippen LogP contribution in [-0.4, -0.2) is 56.5 Å². The van der Waals surface area contributed by atoms with Crippen LogP contribution in [0.25, 0.3) is 0 Å². The first kappa shape index (κ1) is 23.8. The number of morpholine rings is 1. The topological polar surface area (TPSA) is 127 Å². The maximum atomic E-state index is 13.4. The van der Waals surface area contributed by atoms with Crippen LogP contribution >= 0.6 is 0 Å². The first-order chi connectivity index (χ1) is 15.5. The van der Waals surface area contributed by atoms with Gasteiger partial charge < -0.3 is 21.1 Å². The second-order valence-electron chi connectivity index (χ2n) is 9.73. The Morgan fingerprint density at radius 2 is 1.73 bits per heavy atom. The van der Waals surface area contributed by atoms with Crippen molar-refractivity contribution in [3.05, 3.63) is 18.2 Å². The fourth-order valence-corrected chi connectivity index (χ4v) is 6.44. The number of rotatable bonds is 4. The number of guanidine groups is 2. The molecule has 0 amide bonds. The van der Waals surface area contributed by atoms with Gasteiger partial charge in [0.2, 0.25) is 11.9 Å². The minimum Gasteiger partial charge on any atom is -0.372 e. The van der Waals surface area contributed by atoms with E-state index >= 15 is 0 Å². The molecule has 1 saturated carbocycles. The highest BCUT2D eigenvalue weighted by molar-refractivity contribution is 7.92. The number of hydrogen-bond donors (Lipinski definition) is 2. The lowest BCUT2D eigenvalue weighted by Crippen LogP contribution is -2.58. The van der Waals surface area contributed by atoms with E-state index < -0.39 is 20.8 Å². The predicted octanol–water partition coefficient (Wildman–Crippen LogP) is 2.59. The smallest absolute Gasteiger partial charge is 0.220 e. The summed E-state index contributed by atoms with van der Waals surface area (Å²) in [5.74, 6) is 0.330. The van der Waals surface area contributed by atoms with Crippen molar-refractivity contribution in [3.8, 4) is 0 Å². The lowest BCUT2D eigenvalue weighted by atomic mass is 9.87. The van der Waals surface area contributed by atoms with Gasteiger partial charge in [-0.15, -0.1) is 0 Å². The number of hydrogen-bond acceptors (Lipinski definition) is 9. The van der Waals surface area contributed by atoms with E-state index in [1.165, 1.54) is 0 Å². The van der Waals surface area contributed by atoms with E-state index in [1.54, 1.807) is 19.9 Å². The van der Waals surface area contributed by atoms with Gasteiger partial charge >= 0.3 is 0 Å². The van der Waals surface area contributed by atoms with Gasteiger partial charge in [0, 0.05) is 18.8 Å². The zero-order valence-electron chi connectivity index (χ0n) is 20.0. The average Bonchev–Trinajstić information content (AvgIpc) is 2.72. The maximum Gasteiger partial charge on any atom is 0.220 e. The summed E-state index contributed by atoms with van der Waals surface area (Å²) >= 11 is 0. The van der Waals surface area contributed by atoms with E-state index in [9.17, 15) is 8.42 Å². The van der Waals surface area contributed by atoms with Crippen LogP contribution in [0.15, 0.2) is 33.1 Å². The number of sulfone groups is 1. The van der Waals surface area contributed by atoms with Crippen LogP contribution in [0.4, 0.5) is 11.4 Å². The monoisotopic (exact) mass is 476 g/mol. The van der Waals surface area contributed by atoms with Crippen molar-refractivity contribution in [1.82, 2.24) is 0 Å². The first-order valence-corrected chi connectivity index (χ1v) is 13.4. The fourth-order valence-electron chi connectivity index (χ4n) is 5.23. The first-order valence-electron chi connectivity index (χ1n) is 11.8. The number of anilines is 2. The number of benzene rings is 1. The molecule has 1 aromatic carbocycles. The number of nitrogens with two attached hydrogens (primary N) is 2.